The first-order valence-corrected chi connectivity index (χ1v) is 6.87. The maximum absolute atomic E-state index is 12.0. The number of ether oxygens (including phenoxy) is 3. The molecule has 120 valence electrons. The number of amides is 1. The molecule has 2 atom stereocenters. The molecule has 22 heavy (non-hydrogen) atoms. The number of allylic oxidation sites excluding steroid dienone is 2. The van der Waals surface area contributed by atoms with Gasteiger partial charge in [0.05, 0.1) is 7.11 Å². The quantitative estimate of drug-likeness (QED) is 0.772. The van der Waals surface area contributed by atoms with Gasteiger partial charge >= 0.3 is 12.1 Å². The van der Waals surface area contributed by atoms with Gasteiger partial charge in [-0.2, -0.15) is 0 Å². The van der Waals surface area contributed by atoms with Gasteiger partial charge in [-0.05, 0) is 32.9 Å². The smallest absolute Gasteiger partial charge is 0.408 e. The Bertz CT molecular complexity index is 571. The fraction of sp³-hybridized carbons (Fsp3) is 0.533. The molecule has 0 saturated carbocycles. The number of hydrogen-bond donors (Lipinski definition) is 1. The predicted molar refractivity (Wildman–Crippen MR) is 75.8 cm³/mol. The first-order valence-electron chi connectivity index (χ1n) is 6.87. The van der Waals surface area contributed by atoms with Gasteiger partial charge in [-0.1, -0.05) is 0 Å². The summed E-state index contributed by atoms with van der Waals surface area (Å²) in [6.45, 7) is 5.17. The van der Waals surface area contributed by atoms with Crippen molar-refractivity contribution in [3.63, 3.8) is 0 Å². The molecule has 1 saturated heterocycles. The number of carbonyl (C=O) groups excluding carboxylic acids is 3. The monoisotopic (exact) mass is 309 g/mol. The highest BCUT2D eigenvalue weighted by Crippen LogP contribution is 2.37. The van der Waals surface area contributed by atoms with Crippen molar-refractivity contribution in [2.75, 3.05) is 7.11 Å². The summed E-state index contributed by atoms with van der Waals surface area (Å²) in [7, 11) is 1.39. The van der Waals surface area contributed by atoms with E-state index in [1.807, 2.05) is 0 Å². The van der Waals surface area contributed by atoms with Crippen molar-refractivity contribution in [1.29, 1.82) is 0 Å². The number of hydrogen-bond acceptors (Lipinski definition) is 6. The molecule has 1 spiro atoms. The second-order valence-corrected chi connectivity index (χ2v) is 6.16. The third-order valence-corrected chi connectivity index (χ3v) is 3.19. The van der Waals surface area contributed by atoms with Crippen LogP contribution in [0.2, 0.25) is 0 Å². The minimum atomic E-state index is -1.15. The van der Waals surface area contributed by atoms with Crippen LogP contribution in [0.4, 0.5) is 4.79 Å². The Balaban J connectivity index is 2.11. The standard InChI is InChI=1S/C15H19NO6/c1-14(2,3)22-13(19)16-10-8-15(21-12(10)18)6-5-9(17)7-11(15)20-4/h5-7,10H,8H2,1-4H3,(H,16,19)/t10-,15+/m0/s1. The molecule has 7 nitrogen and oxygen atoms in total. The van der Waals surface area contributed by atoms with Crippen LogP contribution in [0.5, 0.6) is 0 Å². The first kappa shape index (κ1) is 16.1. The summed E-state index contributed by atoms with van der Waals surface area (Å²) in [5, 5.41) is 2.48. The zero-order valence-electron chi connectivity index (χ0n) is 13.0. The summed E-state index contributed by atoms with van der Waals surface area (Å²) < 4.78 is 15.6. The third kappa shape index (κ3) is 3.29. The van der Waals surface area contributed by atoms with E-state index in [9.17, 15) is 14.4 Å². The van der Waals surface area contributed by atoms with E-state index < -0.39 is 29.3 Å². The van der Waals surface area contributed by atoms with Gasteiger partial charge < -0.3 is 19.5 Å². The average molecular weight is 309 g/mol. The van der Waals surface area contributed by atoms with Crippen LogP contribution >= 0.6 is 0 Å². The highest BCUT2D eigenvalue weighted by molar-refractivity contribution is 6.01. The summed E-state index contributed by atoms with van der Waals surface area (Å²) in [4.78, 5) is 35.2. The molecule has 1 fully saturated rings. The van der Waals surface area contributed by atoms with Crippen molar-refractivity contribution in [3.8, 4) is 0 Å². The van der Waals surface area contributed by atoms with Crippen LogP contribution in [0.1, 0.15) is 27.2 Å². The van der Waals surface area contributed by atoms with Gasteiger partial charge in [0.1, 0.15) is 17.4 Å². The number of ketones is 1. The largest absolute Gasteiger partial charge is 0.496 e. The Morgan fingerprint density at radius 2 is 2.09 bits per heavy atom. The van der Waals surface area contributed by atoms with E-state index in [1.54, 1.807) is 20.8 Å². The molecule has 0 bridgehead atoms. The van der Waals surface area contributed by atoms with Crippen LogP contribution in [-0.4, -0.2) is 42.2 Å². The van der Waals surface area contributed by atoms with Gasteiger partial charge in [0.15, 0.2) is 11.4 Å². The molecule has 0 aromatic carbocycles. The van der Waals surface area contributed by atoms with Gasteiger partial charge in [0, 0.05) is 12.5 Å². The molecule has 1 N–H and O–H groups in total. The van der Waals surface area contributed by atoms with Crippen molar-refractivity contribution < 1.29 is 28.6 Å². The number of carbonyl (C=O) groups is 3. The molecule has 0 radical (unpaired) electrons. The molecular weight excluding hydrogens is 290 g/mol. The molecule has 2 aliphatic rings. The lowest BCUT2D eigenvalue weighted by atomic mass is 9.90. The van der Waals surface area contributed by atoms with Crippen molar-refractivity contribution in [2.24, 2.45) is 0 Å². The molecule has 1 amide bonds. The highest BCUT2D eigenvalue weighted by atomic mass is 16.6. The summed E-state index contributed by atoms with van der Waals surface area (Å²) in [5.74, 6) is -0.614. The van der Waals surface area contributed by atoms with E-state index in [1.165, 1.54) is 25.3 Å². The minimum absolute atomic E-state index is 0.133. The van der Waals surface area contributed by atoms with Gasteiger partial charge in [0.25, 0.3) is 0 Å². The molecular formula is C15H19NO6. The van der Waals surface area contributed by atoms with Crippen molar-refractivity contribution in [2.45, 2.75) is 44.4 Å². The second-order valence-electron chi connectivity index (χ2n) is 6.16. The Labute approximate surface area is 128 Å². The van der Waals surface area contributed by atoms with Crippen molar-refractivity contribution >= 4 is 17.8 Å². The molecule has 1 aliphatic carbocycles. The van der Waals surface area contributed by atoms with E-state index in [-0.39, 0.29) is 18.0 Å². The normalized spacial score (nSPS) is 27.5. The lowest BCUT2D eigenvalue weighted by molar-refractivity contribution is -0.146. The topological polar surface area (TPSA) is 90.9 Å². The number of esters is 1. The lowest BCUT2D eigenvalue weighted by Gasteiger charge is -2.27. The summed E-state index contributed by atoms with van der Waals surface area (Å²) in [5.41, 5.74) is -1.82. The predicted octanol–water partition coefficient (Wildman–Crippen LogP) is 1.23. The fourth-order valence-electron chi connectivity index (χ4n) is 2.32. The Morgan fingerprint density at radius 1 is 1.41 bits per heavy atom. The van der Waals surface area contributed by atoms with Crippen molar-refractivity contribution in [1.82, 2.24) is 5.32 Å². The molecule has 2 rings (SSSR count). The van der Waals surface area contributed by atoms with Gasteiger partial charge in [-0.25, -0.2) is 9.59 Å². The van der Waals surface area contributed by atoms with E-state index in [0.717, 1.165) is 0 Å². The number of alkyl carbamates (subject to hydrolysis) is 1. The Hall–Kier alpha value is -2.31. The SMILES string of the molecule is COC1=CC(=O)C=C[C@@]12C[C@H](NC(=O)OC(C)(C)C)C(=O)O2. The van der Waals surface area contributed by atoms with Crippen LogP contribution in [0.25, 0.3) is 0 Å². The summed E-state index contributed by atoms with van der Waals surface area (Å²) >= 11 is 0. The van der Waals surface area contributed by atoms with Gasteiger partial charge in [-0.3, -0.25) is 4.79 Å². The van der Waals surface area contributed by atoms with Crippen LogP contribution in [0, 0.1) is 0 Å². The highest BCUT2D eigenvalue weighted by Gasteiger charge is 2.51. The summed E-state index contributed by atoms with van der Waals surface area (Å²) in [6.07, 6.45) is 3.48. The zero-order chi connectivity index (χ0) is 16.5. The second kappa shape index (κ2) is 5.47. The zero-order valence-corrected chi connectivity index (χ0v) is 13.0. The van der Waals surface area contributed by atoms with Crippen LogP contribution in [0.15, 0.2) is 24.0 Å². The van der Waals surface area contributed by atoms with E-state index in [4.69, 9.17) is 14.2 Å². The Kier molecular flexibility index (Phi) is 4.00. The molecule has 1 aliphatic heterocycles. The van der Waals surface area contributed by atoms with E-state index in [2.05, 4.69) is 5.32 Å². The third-order valence-electron chi connectivity index (χ3n) is 3.19. The molecule has 1 heterocycles. The molecule has 0 aromatic heterocycles. The van der Waals surface area contributed by atoms with Crippen LogP contribution < -0.4 is 5.32 Å². The molecule has 0 unspecified atom stereocenters. The maximum atomic E-state index is 12.0. The molecule has 7 heteroatoms. The minimum Gasteiger partial charge on any atom is -0.496 e. The Morgan fingerprint density at radius 3 is 2.68 bits per heavy atom. The molecule has 0 aromatic rings. The van der Waals surface area contributed by atoms with Crippen molar-refractivity contribution in [3.05, 3.63) is 24.0 Å². The summed E-state index contributed by atoms with van der Waals surface area (Å²) in [6, 6.07) is -0.869. The van der Waals surface area contributed by atoms with E-state index >= 15 is 0 Å². The lowest BCUT2D eigenvalue weighted by Crippen LogP contribution is -2.42. The van der Waals surface area contributed by atoms with Crippen LogP contribution in [0.3, 0.4) is 0 Å². The maximum Gasteiger partial charge on any atom is 0.408 e. The number of methoxy groups -OCH3 is 1. The first-order chi connectivity index (χ1) is 10.1. The van der Waals surface area contributed by atoms with E-state index in [0.29, 0.717) is 0 Å². The van der Waals surface area contributed by atoms with Gasteiger partial charge in [-0.15, -0.1) is 0 Å². The van der Waals surface area contributed by atoms with Crippen LogP contribution in [-0.2, 0) is 23.8 Å². The van der Waals surface area contributed by atoms with Gasteiger partial charge in [0.2, 0.25) is 0 Å². The number of nitrogens with one attached hydrogen (secondary N) is 1. The number of rotatable bonds is 2. The fourth-order valence-corrected chi connectivity index (χ4v) is 2.32. The average Bonchev–Trinajstić information content (AvgIpc) is 2.68.